The molecule has 148 valence electrons. The van der Waals surface area contributed by atoms with Gasteiger partial charge in [0.15, 0.2) is 0 Å². The molecule has 2 aromatic rings. The van der Waals surface area contributed by atoms with Crippen molar-refractivity contribution in [1.29, 1.82) is 0 Å². The number of hydrogen-bond acceptors (Lipinski definition) is 4. The molecule has 9 heteroatoms. The van der Waals surface area contributed by atoms with E-state index in [1.165, 1.54) is 6.07 Å². The molecule has 1 aromatic heterocycles. The van der Waals surface area contributed by atoms with Crippen molar-refractivity contribution in [2.75, 3.05) is 18.8 Å². The molecule has 0 unspecified atom stereocenters. The van der Waals surface area contributed by atoms with Crippen molar-refractivity contribution in [3.8, 4) is 0 Å². The molecule has 2 amide bonds. The predicted octanol–water partition coefficient (Wildman–Crippen LogP) is 3.28. The molecule has 0 spiro atoms. The monoisotopic (exact) mass is 409 g/mol. The first-order valence-electron chi connectivity index (χ1n) is 8.62. The molecule has 1 aromatic carbocycles. The first kappa shape index (κ1) is 20.2. The van der Waals surface area contributed by atoms with Crippen LogP contribution in [0, 0.1) is 0 Å². The summed E-state index contributed by atoms with van der Waals surface area (Å²) in [7, 11) is 0. The molecule has 3 rings (SSSR count). The number of nitrogens with zero attached hydrogens (tertiary/aromatic N) is 2. The number of pyridine rings is 1. The Bertz CT molecular complexity index is 829. The van der Waals surface area contributed by atoms with E-state index in [2.05, 4.69) is 10.3 Å². The van der Waals surface area contributed by atoms with Crippen LogP contribution in [-0.2, 0) is 15.8 Å². The van der Waals surface area contributed by atoms with Crippen LogP contribution in [0.25, 0.3) is 0 Å². The highest BCUT2D eigenvalue weighted by atomic mass is 32.2. The van der Waals surface area contributed by atoms with Gasteiger partial charge in [-0.2, -0.15) is 13.2 Å². The van der Waals surface area contributed by atoms with E-state index in [4.69, 9.17) is 0 Å². The molecule has 28 heavy (non-hydrogen) atoms. The first-order chi connectivity index (χ1) is 13.3. The minimum Gasteiger partial charge on any atom is -0.354 e. The standard InChI is InChI=1S/C19H18F3N3O2S/c20-19(21,22)14-6-7-17(24-11-14)28-12-18(27)25-9-8-23-16(26)10-15(25)13-4-2-1-3-5-13/h1-7,11,15H,8-10,12H2,(H,23,26)/t15-/m0/s1. The number of thioether (sulfide) groups is 1. The van der Waals surface area contributed by atoms with E-state index in [-0.39, 0.29) is 30.0 Å². The molecule has 5 nitrogen and oxygen atoms in total. The number of hydrogen-bond donors (Lipinski definition) is 1. The van der Waals surface area contributed by atoms with E-state index < -0.39 is 11.7 Å². The van der Waals surface area contributed by atoms with E-state index in [0.29, 0.717) is 18.1 Å². The molecule has 1 fully saturated rings. The maximum atomic E-state index is 12.8. The van der Waals surface area contributed by atoms with Crippen molar-refractivity contribution >= 4 is 23.6 Å². The number of amides is 2. The maximum Gasteiger partial charge on any atom is 0.417 e. The van der Waals surface area contributed by atoms with Gasteiger partial charge in [0.25, 0.3) is 0 Å². The molecular formula is C19H18F3N3O2S. The highest BCUT2D eigenvalue weighted by molar-refractivity contribution is 7.99. The lowest BCUT2D eigenvalue weighted by Gasteiger charge is -2.29. The van der Waals surface area contributed by atoms with Crippen LogP contribution in [-0.4, -0.2) is 40.5 Å². The summed E-state index contributed by atoms with van der Waals surface area (Å²) in [5.74, 6) is -0.297. The second-order valence-electron chi connectivity index (χ2n) is 6.24. The lowest BCUT2D eigenvalue weighted by molar-refractivity contribution is -0.138. The number of carbonyl (C=O) groups is 2. The van der Waals surface area contributed by atoms with Crippen molar-refractivity contribution in [1.82, 2.24) is 15.2 Å². The van der Waals surface area contributed by atoms with Crippen molar-refractivity contribution in [2.45, 2.75) is 23.7 Å². The Balaban J connectivity index is 1.69. The van der Waals surface area contributed by atoms with Crippen LogP contribution in [0.4, 0.5) is 13.2 Å². The van der Waals surface area contributed by atoms with Gasteiger partial charge in [-0.05, 0) is 17.7 Å². The summed E-state index contributed by atoms with van der Waals surface area (Å²) < 4.78 is 37.8. The van der Waals surface area contributed by atoms with Crippen LogP contribution in [0.1, 0.15) is 23.6 Å². The highest BCUT2D eigenvalue weighted by Gasteiger charge is 2.31. The van der Waals surface area contributed by atoms with Gasteiger partial charge in [0.2, 0.25) is 11.8 Å². The van der Waals surface area contributed by atoms with Gasteiger partial charge in [0.05, 0.1) is 28.8 Å². The number of halogens is 3. The van der Waals surface area contributed by atoms with Crippen molar-refractivity contribution in [3.05, 3.63) is 59.8 Å². The average Bonchev–Trinajstić information content (AvgIpc) is 2.88. The fourth-order valence-corrected chi connectivity index (χ4v) is 3.68. The molecule has 1 N–H and O–H groups in total. The quantitative estimate of drug-likeness (QED) is 0.788. The zero-order valence-corrected chi connectivity index (χ0v) is 15.6. The van der Waals surface area contributed by atoms with Gasteiger partial charge in [-0.25, -0.2) is 4.98 Å². The first-order valence-corrected chi connectivity index (χ1v) is 9.60. The third kappa shape index (κ3) is 5.03. The Labute approximate surface area is 164 Å². The lowest BCUT2D eigenvalue weighted by atomic mass is 10.0. The fourth-order valence-electron chi connectivity index (χ4n) is 2.95. The minimum atomic E-state index is -4.44. The fraction of sp³-hybridized carbons (Fsp3) is 0.316. The van der Waals surface area contributed by atoms with E-state index >= 15 is 0 Å². The largest absolute Gasteiger partial charge is 0.417 e. The van der Waals surface area contributed by atoms with Gasteiger partial charge in [-0.3, -0.25) is 9.59 Å². The summed E-state index contributed by atoms with van der Waals surface area (Å²) in [5, 5.41) is 3.10. The normalized spacial score (nSPS) is 17.8. The smallest absolute Gasteiger partial charge is 0.354 e. The molecule has 0 saturated carbocycles. The number of benzene rings is 1. The van der Waals surface area contributed by atoms with Gasteiger partial charge in [0, 0.05) is 19.3 Å². The van der Waals surface area contributed by atoms with Crippen LogP contribution < -0.4 is 5.32 Å². The van der Waals surface area contributed by atoms with Gasteiger partial charge in [-0.1, -0.05) is 42.1 Å². The SMILES string of the molecule is O=C1C[C@@H](c2ccccc2)N(C(=O)CSc2ccc(C(F)(F)F)cn2)CCN1. The van der Waals surface area contributed by atoms with Crippen LogP contribution in [0.15, 0.2) is 53.7 Å². The summed E-state index contributed by atoms with van der Waals surface area (Å²) in [6, 6.07) is 11.1. The Hall–Kier alpha value is -2.55. The average molecular weight is 409 g/mol. The molecule has 1 aliphatic heterocycles. The second-order valence-corrected chi connectivity index (χ2v) is 7.23. The van der Waals surface area contributed by atoms with Gasteiger partial charge in [-0.15, -0.1) is 0 Å². The van der Waals surface area contributed by atoms with Gasteiger partial charge >= 0.3 is 6.18 Å². The van der Waals surface area contributed by atoms with Gasteiger partial charge in [0.1, 0.15) is 0 Å². The molecule has 1 atom stereocenters. The zero-order chi connectivity index (χ0) is 20.1. The Morgan fingerprint density at radius 1 is 1.21 bits per heavy atom. The topological polar surface area (TPSA) is 62.3 Å². The Kier molecular flexibility index (Phi) is 6.23. The zero-order valence-electron chi connectivity index (χ0n) is 14.8. The molecule has 2 heterocycles. The van der Waals surface area contributed by atoms with Crippen LogP contribution in [0.3, 0.4) is 0 Å². The Morgan fingerprint density at radius 3 is 2.61 bits per heavy atom. The van der Waals surface area contributed by atoms with Crippen molar-refractivity contribution in [3.63, 3.8) is 0 Å². The van der Waals surface area contributed by atoms with E-state index in [1.54, 1.807) is 4.90 Å². The molecule has 0 radical (unpaired) electrons. The van der Waals surface area contributed by atoms with Crippen LogP contribution in [0.2, 0.25) is 0 Å². The number of nitrogens with one attached hydrogen (secondary N) is 1. The van der Waals surface area contributed by atoms with Crippen molar-refractivity contribution < 1.29 is 22.8 Å². The summed E-state index contributed by atoms with van der Waals surface area (Å²) in [4.78, 5) is 30.2. The Morgan fingerprint density at radius 2 is 1.96 bits per heavy atom. The summed E-state index contributed by atoms with van der Waals surface area (Å²) in [6.45, 7) is 0.724. The summed E-state index contributed by atoms with van der Waals surface area (Å²) in [5.41, 5.74) is 0.0370. The van der Waals surface area contributed by atoms with E-state index in [1.807, 2.05) is 30.3 Å². The van der Waals surface area contributed by atoms with E-state index in [0.717, 1.165) is 29.6 Å². The van der Waals surface area contributed by atoms with Crippen molar-refractivity contribution in [2.24, 2.45) is 0 Å². The molecule has 0 bridgehead atoms. The second kappa shape index (κ2) is 8.64. The predicted molar refractivity (Wildman–Crippen MR) is 98.5 cm³/mol. The lowest BCUT2D eigenvalue weighted by Crippen LogP contribution is -2.37. The highest BCUT2D eigenvalue weighted by Crippen LogP contribution is 2.30. The third-order valence-corrected chi connectivity index (χ3v) is 5.27. The maximum absolute atomic E-state index is 12.8. The number of aromatic nitrogens is 1. The molecule has 1 aliphatic rings. The number of rotatable bonds is 4. The third-order valence-electron chi connectivity index (χ3n) is 4.34. The van der Waals surface area contributed by atoms with E-state index in [9.17, 15) is 22.8 Å². The minimum absolute atomic E-state index is 0.0237. The number of carbonyl (C=O) groups excluding carboxylic acids is 2. The molecular weight excluding hydrogens is 391 g/mol. The molecule has 0 aliphatic carbocycles. The van der Waals surface area contributed by atoms with Crippen LogP contribution >= 0.6 is 11.8 Å². The molecule has 1 saturated heterocycles. The summed E-state index contributed by atoms with van der Waals surface area (Å²) >= 11 is 1.07. The number of alkyl halides is 3. The van der Waals surface area contributed by atoms with Crippen LogP contribution in [0.5, 0.6) is 0 Å². The van der Waals surface area contributed by atoms with Gasteiger partial charge < -0.3 is 10.2 Å². The summed E-state index contributed by atoms with van der Waals surface area (Å²) in [6.07, 6.45) is -3.52.